The van der Waals surface area contributed by atoms with Crippen molar-refractivity contribution in [2.45, 2.75) is 39.9 Å². The Kier molecular flexibility index (Phi) is 5.97. The molecule has 25 heavy (non-hydrogen) atoms. The highest BCUT2D eigenvalue weighted by Gasteiger charge is 2.15. The molecular weight excluding hydrogens is 338 g/mol. The largest absolute Gasteiger partial charge is 0.462 e. The molecule has 1 amide bonds. The van der Waals surface area contributed by atoms with Crippen molar-refractivity contribution in [3.8, 4) is 0 Å². The lowest BCUT2D eigenvalue weighted by molar-refractivity contribution is -0.123. The number of carbonyl (C=O) groups is 1. The van der Waals surface area contributed by atoms with Crippen LogP contribution in [-0.2, 0) is 11.5 Å². The van der Waals surface area contributed by atoms with E-state index in [2.05, 4.69) is 15.4 Å². The van der Waals surface area contributed by atoms with Gasteiger partial charge < -0.3 is 9.73 Å². The van der Waals surface area contributed by atoms with E-state index in [4.69, 9.17) is 16.6 Å². The fourth-order valence-corrected chi connectivity index (χ4v) is 2.45. The van der Waals surface area contributed by atoms with Crippen molar-refractivity contribution in [1.29, 1.82) is 0 Å². The number of furan rings is 1. The molecule has 0 aliphatic carbocycles. The molecule has 0 saturated carbocycles. The van der Waals surface area contributed by atoms with Gasteiger partial charge in [-0.05, 0) is 71.2 Å². The van der Waals surface area contributed by atoms with Crippen molar-refractivity contribution in [3.63, 3.8) is 0 Å². The number of aromatic nitrogens is 3. The van der Waals surface area contributed by atoms with Crippen molar-refractivity contribution in [2.24, 2.45) is 0 Å². The van der Waals surface area contributed by atoms with Crippen molar-refractivity contribution < 1.29 is 9.21 Å². The summed E-state index contributed by atoms with van der Waals surface area (Å²) in [5.41, 5.74) is -0.246. The van der Waals surface area contributed by atoms with Gasteiger partial charge in [0.25, 0.3) is 0 Å². The van der Waals surface area contributed by atoms with Crippen molar-refractivity contribution in [1.82, 2.24) is 25.0 Å². The molecule has 0 aliphatic heterocycles. The van der Waals surface area contributed by atoms with Gasteiger partial charge in [0.05, 0.1) is 13.2 Å². The molecule has 2 aromatic rings. The summed E-state index contributed by atoms with van der Waals surface area (Å²) < 4.78 is 7.62. The van der Waals surface area contributed by atoms with Gasteiger partial charge in [0.15, 0.2) is 0 Å². The number of aryl methyl sites for hydroxylation is 1. The number of nitrogens with zero attached hydrogens (tertiary/aromatic N) is 3. The molecular formula is C17H25N5O2S. The topological polar surface area (TPSA) is 79.1 Å². The van der Waals surface area contributed by atoms with Crippen LogP contribution >= 0.6 is 12.2 Å². The van der Waals surface area contributed by atoms with E-state index in [1.54, 1.807) is 10.8 Å². The summed E-state index contributed by atoms with van der Waals surface area (Å²) in [5.74, 6) is 2.21. The second-order valence-corrected chi connectivity index (χ2v) is 7.42. The predicted octanol–water partition coefficient (Wildman–Crippen LogP) is 2.82. The van der Waals surface area contributed by atoms with Crippen LogP contribution in [0.1, 0.15) is 38.1 Å². The normalized spacial score (nSPS) is 12.2. The van der Waals surface area contributed by atoms with Crippen LogP contribution in [0.25, 0.3) is 12.2 Å². The number of hydrogen-bond donors (Lipinski definition) is 2. The lowest BCUT2D eigenvalue weighted by Gasteiger charge is -2.23. The smallest absolute Gasteiger partial charge is 0.234 e. The lowest BCUT2D eigenvalue weighted by Crippen LogP contribution is -2.45. The minimum absolute atomic E-state index is 0.0330. The molecule has 0 aromatic carbocycles. The average molecular weight is 363 g/mol. The van der Waals surface area contributed by atoms with E-state index >= 15 is 0 Å². The molecule has 8 heteroatoms. The molecule has 136 valence electrons. The summed E-state index contributed by atoms with van der Waals surface area (Å²) in [6, 6.07) is 3.79. The first-order valence-corrected chi connectivity index (χ1v) is 8.44. The number of H-pyrrole nitrogens is 1. The van der Waals surface area contributed by atoms with E-state index in [1.807, 2.05) is 57.9 Å². The Balaban J connectivity index is 1.96. The third-order valence-corrected chi connectivity index (χ3v) is 3.49. The summed E-state index contributed by atoms with van der Waals surface area (Å²) in [6.07, 6.45) is 3.63. The fraction of sp³-hybridized carbons (Fsp3) is 0.471. The molecule has 0 unspecified atom stereocenters. The Bertz CT molecular complexity index is 810. The third kappa shape index (κ3) is 6.32. The highest BCUT2D eigenvalue weighted by molar-refractivity contribution is 7.71. The Labute approximate surface area is 152 Å². The zero-order valence-electron chi connectivity index (χ0n) is 15.3. The molecule has 0 fully saturated rings. The highest BCUT2D eigenvalue weighted by Crippen LogP contribution is 2.10. The maximum absolute atomic E-state index is 12.0. The number of rotatable bonds is 6. The Morgan fingerprint density at radius 3 is 2.76 bits per heavy atom. The summed E-state index contributed by atoms with van der Waals surface area (Å²) in [7, 11) is 1.85. The van der Waals surface area contributed by atoms with Gasteiger partial charge in [0, 0.05) is 5.54 Å². The van der Waals surface area contributed by atoms with Crippen LogP contribution in [0.4, 0.5) is 0 Å². The van der Waals surface area contributed by atoms with Crippen LogP contribution in [-0.4, -0.2) is 44.7 Å². The van der Waals surface area contributed by atoms with Crippen molar-refractivity contribution >= 4 is 30.3 Å². The predicted molar refractivity (Wildman–Crippen MR) is 100 cm³/mol. The zero-order chi connectivity index (χ0) is 18.6. The van der Waals surface area contributed by atoms with Crippen LogP contribution in [0.15, 0.2) is 16.5 Å². The first-order valence-electron chi connectivity index (χ1n) is 8.03. The first kappa shape index (κ1) is 19.1. The van der Waals surface area contributed by atoms with E-state index in [0.29, 0.717) is 17.3 Å². The number of carbonyl (C=O) groups excluding carboxylic acids is 1. The number of amides is 1. The van der Waals surface area contributed by atoms with E-state index in [9.17, 15) is 4.79 Å². The molecule has 0 spiro atoms. The van der Waals surface area contributed by atoms with Crippen molar-refractivity contribution in [2.75, 3.05) is 13.6 Å². The maximum Gasteiger partial charge on any atom is 0.234 e. The molecule has 0 bridgehead atoms. The summed E-state index contributed by atoms with van der Waals surface area (Å²) in [6.45, 7) is 8.47. The Hall–Kier alpha value is -2.19. The number of nitrogens with one attached hydrogen (secondary N) is 2. The molecule has 0 saturated heterocycles. The minimum atomic E-state index is -0.246. The molecule has 2 rings (SSSR count). The number of hydrogen-bond acceptors (Lipinski definition) is 5. The second kappa shape index (κ2) is 7.79. The fourth-order valence-electron chi connectivity index (χ4n) is 2.24. The van der Waals surface area contributed by atoms with Gasteiger partial charge in [-0.1, -0.05) is 0 Å². The third-order valence-electron chi connectivity index (χ3n) is 3.17. The van der Waals surface area contributed by atoms with Gasteiger partial charge in [0.1, 0.15) is 17.3 Å². The highest BCUT2D eigenvalue weighted by atomic mass is 32.1. The van der Waals surface area contributed by atoms with Gasteiger partial charge in [-0.25, -0.2) is 4.68 Å². The van der Waals surface area contributed by atoms with Crippen LogP contribution in [0.2, 0.25) is 0 Å². The molecule has 2 aromatic heterocycles. The Morgan fingerprint density at radius 2 is 2.16 bits per heavy atom. The van der Waals surface area contributed by atoms with Crippen LogP contribution in [0, 0.1) is 11.7 Å². The summed E-state index contributed by atoms with van der Waals surface area (Å²) in [4.78, 5) is 18.1. The van der Waals surface area contributed by atoms with E-state index < -0.39 is 0 Å². The molecule has 0 aliphatic rings. The van der Waals surface area contributed by atoms with Gasteiger partial charge in [-0.15, -0.1) is 0 Å². The average Bonchev–Trinajstić information content (AvgIpc) is 3.01. The minimum Gasteiger partial charge on any atom is -0.462 e. The van der Waals surface area contributed by atoms with Crippen LogP contribution in [0.5, 0.6) is 0 Å². The van der Waals surface area contributed by atoms with E-state index in [1.165, 1.54) is 0 Å². The maximum atomic E-state index is 12.0. The second-order valence-electron chi connectivity index (χ2n) is 7.05. The lowest BCUT2D eigenvalue weighted by atomic mass is 10.1. The first-order chi connectivity index (χ1) is 11.6. The SMILES string of the molecule is Cc1ccc(/C=C/c2nc(=S)n(CN(C)CC(=O)NC(C)(C)C)[nH]2)o1. The van der Waals surface area contributed by atoms with Crippen molar-refractivity contribution in [3.05, 3.63) is 34.2 Å². The zero-order valence-corrected chi connectivity index (χ0v) is 16.1. The molecule has 2 heterocycles. The standard InChI is InChI=1S/C17H25N5O2S/c1-12-6-7-13(24-12)8-9-14-18-16(25)22(20-14)11-21(5)10-15(23)19-17(2,3)4/h6-9H,10-11H2,1-5H3,(H,19,23)(H,18,20,25)/b9-8+. The number of likely N-dealkylation sites (N-methyl/N-ethyl adjacent to an activating group) is 1. The van der Waals surface area contributed by atoms with Gasteiger partial charge in [-0.2, -0.15) is 4.98 Å². The van der Waals surface area contributed by atoms with Crippen LogP contribution < -0.4 is 5.32 Å². The summed E-state index contributed by atoms with van der Waals surface area (Å²) in [5, 5.41) is 6.04. The van der Waals surface area contributed by atoms with Gasteiger partial charge >= 0.3 is 0 Å². The summed E-state index contributed by atoms with van der Waals surface area (Å²) >= 11 is 5.26. The monoisotopic (exact) mass is 363 g/mol. The van der Waals surface area contributed by atoms with Gasteiger partial charge in [-0.3, -0.25) is 14.8 Å². The molecule has 2 N–H and O–H groups in total. The quantitative estimate of drug-likeness (QED) is 0.772. The molecule has 7 nitrogen and oxygen atoms in total. The van der Waals surface area contributed by atoms with Crippen LogP contribution in [0.3, 0.4) is 0 Å². The van der Waals surface area contributed by atoms with E-state index in [-0.39, 0.29) is 18.0 Å². The Morgan fingerprint density at radius 1 is 1.44 bits per heavy atom. The van der Waals surface area contributed by atoms with Gasteiger partial charge in [0.2, 0.25) is 10.7 Å². The number of aromatic amines is 1. The van der Waals surface area contributed by atoms with E-state index in [0.717, 1.165) is 11.5 Å². The molecule has 0 atom stereocenters. The molecule has 0 radical (unpaired) electrons.